The lowest BCUT2D eigenvalue weighted by Crippen LogP contribution is -2.42. The van der Waals surface area contributed by atoms with E-state index in [-0.39, 0.29) is 42.0 Å². The summed E-state index contributed by atoms with van der Waals surface area (Å²) in [6, 6.07) is 1.49. The number of aromatic nitrogens is 2. The predicted octanol–water partition coefficient (Wildman–Crippen LogP) is 1.27. The van der Waals surface area contributed by atoms with E-state index in [1.165, 1.54) is 22.2 Å². The van der Waals surface area contributed by atoms with Gasteiger partial charge in [-0.25, -0.2) is 13.4 Å². The molecule has 0 spiro atoms. The second-order valence-electron chi connectivity index (χ2n) is 6.28. The Kier molecular flexibility index (Phi) is 5.24. The van der Waals surface area contributed by atoms with Crippen molar-refractivity contribution in [1.29, 1.82) is 0 Å². The first-order valence-corrected chi connectivity index (χ1v) is 11.0. The predicted molar refractivity (Wildman–Crippen MR) is 97.6 cm³/mol. The van der Waals surface area contributed by atoms with E-state index < -0.39 is 9.84 Å². The number of rotatable bonds is 6. The third-order valence-corrected chi connectivity index (χ3v) is 7.02. The van der Waals surface area contributed by atoms with Crippen LogP contribution in [0.15, 0.2) is 22.6 Å². The lowest BCUT2D eigenvalue weighted by Gasteiger charge is -2.28. The smallest absolute Gasteiger partial charge is 0.262 e. The highest BCUT2D eigenvalue weighted by atomic mass is 32.2. The van der Waals surface area contributed by atoms with Gasteiger partial charge in [0.25, 0.3) is 5.56 Å². The van der Waals surface area contributed by atoms with Crippen LogP contribution in [0.3, 0.4) is 0 Å². The molecule has 0 saturated carbocycles. The zero-order valence-corrected chi connectivity index (χ0v) is 15.7. The Morgan fingerprint density at radius 3 is 2.96 bits per heavy atom. The highest BCUT2D eigenvalue weighted by Crippen LogP contribution is 2.19. The van der Waals surface area contributed by atoms with Gasteiger partial charge in [0.15, 0.2) is 9.84 Å². The van der Waals surface area contributed by atoms with Gasteiger partial charge in [0, 0.05) is 25.6 Å². The third-order valence-electron chi connectivity index (χ3n) is 4.45. The average Bonchev–Trinajstić information content (AvgIpc) is 3.18. The van der Waals surface area contributed by atoms with Gasteiger partial charge in [-0.15, -0.1) is 11.3 Å². The van der Waals surface area contributed by atoms with E-state index in [1.807, 2.05) is 12.3 Å². The maximum absolute atomic E-state index is 12.6. The molecule has 7 nitrogen and oxygen atoms in total. The van der Waals surface area contributed by atoms with E-state index in [9.17, 15) is 18.0 Å². The standard InChI is InChI=1S/C16H21N3O4S2/c1-2-6-19(12-5-9-25(22,23)10-12)14(20)3-7-18-11-17-15-13(16(18)21)4-8-24-15/h4,8,11-12H,2-3,5-7,9-10H2,1H3. The Morgan fingerprint density at radius 2 is 2.28 bits per heavy atom. The third kappa shape index (κ3) is 3.92. The number of carbonyl (C=O) groups is 1. The van der Waals surface area contributed by atoms with Crippen molar-refractivity contribution in [2.45, 2.75) is 38.8 Å². The number of thiophene rings is 1. The van der Waals surface area contributed by atoms with Crippen LogP contribution in [-0.2, 0) is 21.2 Å². The van der Waals surface area contributed by atoms with Gasteiger partial charge in [-0.05, 0) is 24.3 Å². The van der Waals surface area contributed by atoms with Gasteiger partial charge in [-0.1, -0.05) is 6.92 Å². The van der Waals surface area contributed by atoms with Crippen LogP contribution in [-0.4, -0.2) is 52.9 Å². The van der Waals surface area contributed by atoms with Crippen molar-refractivity contribution in [2.24, 2.45) is 0 Å². The molecule has 136 valence electrons. The fraction of sp³-hybridized carbons (Fsp3) is 0.562. The number of amides is 1. The Labute approximate surface area is 150 Å². The topological polar surface area (TPSA) is 89.3 Å². The number of nitrogens with zero attached hydrogens (tertiary/aromatic N) is 3. The molecule has 1 aliphatic heterocycles. The summed E-state index contributed by atoms with van der Waals surface area (Å²) in [5, 5.41) is 2.38. The van der Waals surface area contributed by atoms with Crippen LogP contribution in [0.5, 0.6) is 0 Å². The normalized spacial score (nSPS) is 19.3. The quantitative estimate of drug-likeness (QED) is 0.749. The minimum absolute atomic E-state index is 0.0428. The Morgan fingerprint density at radius 1 is 1.48 bits per heavy atom. The first-order valence-electron chi connectivity index (χ1n) is 8.34. The van der Waals surface area contributed by atoms with Crippen LogP contribution >= 0.6 is 11.3 Å². The number of sulfone groups is 1. The van der Waals surface area contributed by atoms with E-state index in [0.29, 0.717) is 23.2 Å². The Balaban J connectivity index is 1.70. The molecule has 0 bridgehead atoms. The van der Waals surface area contributed by atoms with Crippen LogP contribution in [0.1, 0.15) is 26.2 Å². The highest BCUT2D eigenvalue weighted by molar-refractivity contribution is 7.91. The second kappa shape index (κ2) is 7.25. The minimum atomic E-state index is -3.04. The molecule has 3 rings (SSSR count). The summed E-state index contributed by atoms with van der Waals surface area (Å²) in [5.74, 6) is 0.0751. The summed E-state index contributed by atoms with van der Waals surface area (Å²) in [7, 11) is -3.04. The van der Waals surface area contributed by atoms with Gasteiger partial charge in [-0.3, -0.25) is 14.2 Å². The largest absolute Gasteiger partial charge is 0.339 e. The first-order chi connectivity index (χ1) is 11.9. The molecule has 1 amide bonds. The molecule has 3 heterocycles. The van der Waals surface area contributed by atoms with Crippen molar-refractivity contribution in [3.63, 3.8) is 0 Å². The maximum Gasteiger partial charge on any atom is 0.262 e. The van der Waals surface area contributed by atoms with E-state index >= 15 is 0 Å². The molecule has 0 aromatic carbocycles. The SMILES string of the molecule is CCCN(C(=O)CCn1cnc2sccc2c1=O)C1CCS(=O)(=O)C1. The van der Waals surface area contributed by atoms with Gasteiger partial charge < -0.3 is 4.90 Å². The first kappa shape index (κ1) is 18.1. The molecule has 1 fully saturated rings. The van der Waals surface area contributed by atoms with Crippen LogP contribution in [0.25, 0.3) is 10.2 Å². The van der Waals surface area contributed by atoms with Crippen molar-refractivity contribution in [2.75, 3.05) is 18.1 Å². The van der Waals surface area contributed by atoms with Gasteiger partial charge in [0.05, 0.1) is 23.2 Å². The van der Waals surface area contributed by atoms with Crippen molar-refractivity contribution >= 4 is 37.3 Å². The molecule has 2 aromatic heterocycles. The molecular formula is C16H21N3O4S2. The monoisotopic (exact) mass is 383 g/mol. The minimum Gasteiger partial charge on any atom is -0.339 e. The molecule has 0 radical (unpaired) electrons. The lowest BCUT2D eigenvalue weighted by atomic mass is 10.2. The lowest BCUT2D eigenvalue weighted by molar-refractivity contribution is -0.133. The van der Waals surface area contributed by atoms with Crippen LogP contribution in [0.4, 0.5) is 0 Å². The zero-order valence-electron chi connectivity index (χ0n) is 14.1. The molecule has 1 aliphatic rings. The summed E-state index contributed by atoms with van der Waals surface area (Å²) in [6.45, 7) is 2.74. The van der Waals surface area contributed by atoms with E-state index in [1.54, 1.807) is 11.0 Å². The molecule has 25 heavy (non-hydrogen) atoms. The van der Waals surface area contributed by atoms with Crippen molar-refractivity contribution < 1.29 is 13.2 Å². The molecular weight excluding hydrogens is 362 g/mol. The summed E-state index contributed by atoms with van der Waals surface area (Å²) < 4.78 is 24.9. The number of aryl methyl sites for hydroxylation is 1. The average molecular weight is 383 g/mol. The molecule has 1 saturated heterocycles. The zero-order chi connectivity index (χ0) is 18.0. The maximum atomic E-state index is 12.6. The summed E-state index contributed by atoms with van der Waals surface area (Å²) >= 11 is 1.41. The molecule has 0 aliphatic carbocycles. The van der Waals surface area contributed by atoms with E-state index in [2.05, 4.69) is 4.98 Å². The summed E-state index contributed by atoms with van der Waals surface area (Å²) in [4.78, 5) is 31.6. The van der Waals surface area contributed by atoms with Crippen LogP contribution in [0.2, 0.25) is 0 Å². The Hall–Kier alpha value is -1.74. The number of carbonyl (C=O) groups excluding carboxylic acids is 1. The second-order valence-corrected chi connectivity index (χ2v) is 9.40. The molecule has 1 unspecified atom stereocenters. The van der Waals surface area contributed by atoms with Gasteiger partial charge in [0.2, 0.25) is 5.91 Å². The van der Waals surface area contributed by atoms with Crippen molar-refractivity contribution in [1.82, 2.24) is 14.5 Å². The van der Waals surface area contributed by atoms with Gasteiger partial charge >= 0.3 is 0 Å². The van der Waals surface area contributed by atoms with E-state index in [4.69, 9.17) is 0 Å². The van der Waals surface area contributed by atoms with E-state index in [0.717, 1.165) is 6.42 Å². The van der Waals surface area contributed by atoms with Crippen molar-refractivity contribution in [3.05, 3.63) is 28.1 Å². The van der Waals surface area contributed by atoms with Gasteiger partial charge in [0.1, 0.15) is 4.83 Å². The van der Waals surface area contributed by atoms with Crippen LogP contribution in [0, 0.1) is 0 Å². The molecule has 0 N–H and O–H groups in total. The van der Waals surface area contributed by atoms with Gasteiger partial charge in [-0.2, -0.15) is 0 Å². The highest BCUT2D eigenvalue weighted by Gasteiger charge is 2.34. The number of hydrogen-bond acceptors (Lipinski definition) is 6. The molecule has 1 atom stereocenters. The fourth-order valence-electron chi connectivity index (χ4n) is 3.19. The fourth-order valence-corrected chi connectivity index (χ4v) is 5.64. The number of fused-ring (bicyclic) bond motifs is 1. The molecule has 9 heteroatoms. The summed E-state index contributed by atoms with van der Waals surface area (Å²) in [6.07, 6.45) is 2.90. The van der Waals surface area contributed by atoms with Crippen molar-refractivity contribution in [3.8, 4) is 0 Å². The Bertz CT molecular complexity index is 932. The number of hydrogen-bond donors (Lipinski definition) is 0. The molecule has 2 aromatic rings. The van der Waals surface area contributed by atoms with Crippen LogP contribution < -0.4 is 5.56 Å². The summed E-state index contributed by atoms with van der Waals surface area (Å²) in [5.41, 5.74) is -0.149.